The Hall–Kier alpha value is -2.66. The molecule has 0 bridgehead atoms. The molecule has 3 heterocycles. The van der Waals surface area contributed by atoms with Gasteiger partial charge in [0.05, 0.1) is 11.4 Å². The third kappa shape index (κ3) is 3.88. The Morgan fingerprint density at radius 3 is 2.93 bits per heavy atom. The molecule has 0 unspecified atom stereocenters. The number of aromatic hydroxyl groups is 1. The van der Waals surface area contributed by atoms with E-state index in [-0.39, 0.29) is 5.75 Å². The molecule has 0 aliphatic carbocycles. The summed E-state index contributed by atoms with van der Waals surface area (Å²) in [4.78, 5) is 15.1. The molecule has 1 aliphatic rings. The average Bonchev–Trinajstić information content (AvgIpc) is 3.29. The van der Waals surface area contributed by atoms with Crippen LogP contribution in [0.1, 0.15) is 42.0 Å². The molecular weight excluding hydrogens is 336 g/mol. The van der Waals surface area contributed by atoms with Crippen molar-refractivity contribution >= 4 is 0 Å². The summed E-state index contributed by atoms with van der Waals surface area (Å²) in [5.41, 5.74) is 5.54. The van der Waals surface area contributed by atoms with Gasteiger partial charge in [0, 0.05) is 37.0 Å². The highest BCUT2D eigenvalue weighted by Crippen LogP contribution is 2.31. The largest absolute Gasteiger partial charge is 0.508 e. The summed E-state index contributed by atoms with van der Waals surface area (Å²) in [6, 6.07) is 11.6. The van der Waals surface area contributed by atoms with Crippen molar-refractivity contribution in [1.29, 1.82) is 0 Å². The lowest BCUT2D eigenvalue weighted by atomic mass is 9.97. The van der Waals surface area contributed by atoms with Crippen molar-refractivity contribution in [3.05, 3.63) is 65.4 Å². The number of benzene rings is 1. The van der Waals surface area contributed by atoms with Gasteiger partial charge in [-0.15, -0.1) is 0 Å². The minimum absolute atomic E-state index is 0.271. The first-order valence-corrected chi connectivity index (χ1v) is 9.64. The van der Waals surface area contributed by atoms with Crippen molar-refractivity contribution in [3.63, 3.8) is 0 Å². The molecule has 2 N–H and O–H groups in total. The fraction of sp³-hybridized carbons (Fsp3) is 0.364. The van der Waals surface area contributed by atoms with Crippen LogP contribution in [0.4, 0.5) is 0 Å². The van der Waals surface area contributed by atoms with E-state index in [1.54, 1.807) is 12.1 Å². The number of hydrogen-bond donors (Lipinski definition) is 2. The number of rotatable bonds is 5. The van der Waals surface area contributed by atoms with Gasteiger partial charge in [0.2, 0.25) is 0 Å². The van der Waals surface area contributed by atoms with Crippen molar-refractivity contribution in [2.45, 2.75) is 39.2 Å². The highest BCUT2D eigenvalue weighted by molar-refractivity contribution is 5.61. The number of H-pyrrole nitrogens is 1. The van der Waals surface area contributed by atoms with E-state index >= 15 is 0 Å². The molecule has 4 rings (SSSR count). The number of imidazole rings is 1. The van der Waals surface area contributed by atoms with Gasteiger partial charge in [-0.25, -0.2) is 4.98 Å². The summed E-state index contributed by atoms with van der Waals surface area (Å²) in [5.74, 6) is 1.85. The molecule has 3 aromatic rings. The molecule has 0 radical (unpaired) electrons. The quantitative estimate of drug-likeness (QED) is 0.719. The van der Waals surface area contributed by atoms with Gasteiger partial charge < -0.3 is 10.1 Å². The van der Waals surface area contributed by atoms with Crippen LogP contribution in [0.25, 0.3) is 11.3 Å². The van der Waals surface area contributed by atoms with E-state index in [2.05, 4.69) is 40.8 Å². The van der Waals surface area contributed by atoms with Crippen LogP contribution in [-0.4, -0.2) is 38.0 Å². The van der Waals surface area contributed by atoms with Gasteiger partial charge >= 0.3 is 0 Å². The maximum atomic E-state index is 9.73. The lowest BCUT2D eigenvalue weighted by molar-refractivity contribution is 0.322. The predicted octanol–water partition coefficient (Wildman–Crippen LogP) is 4.04. The van der Waals surface area contributed by atoms with Crippen molar-refractivity contribution in [2.24, 2.45) is 0 Å². The summed E-state index contributed by atoms with van der Waals surface area (Å²) in [7, 11) is 0. The SMILES string of the molecule is CCc1nc(CN2CC[C@H](c3ccnc(-c4cccc(O)c4)c3)C2)c(C)[nH]1. The van der Waals surface area contributed by atoms with Crippen LogP contribution >= 0.6 is 0 Å². The molecule has 1 aliphatic heterocycles. The first-order chi connectivity index (χ1) is 13.1. The Balaban J connectivity index is 1.47. The van der Waals surface area contributed by atoms with Crippen LogP contribution in [0.5, 0.6) is 5.75 Å². The van der Waals surface area contributed by atoms with Crippen molar-refractivity contribution < 1.29 is 5.11 Å². The molecule has 27 heavy (non-hydrogen) atoms. The molecule has 0 amide bonds. The summed E-state index contributed by atoms with van der Waals surface area (Å²) >= 11 is 0. The van der Waals surface area contributed by atoms with Gasteiger partial charge in [-0.3, -0.25) is 9.88 Å². The number of aromatic nitrogens is 3. The predicted molar refractivity (Wildman–Crippen MR) is 107 cm³/mol. The maximum Gasteiger partial charge on any atom is 0.116 e. The number of phenolic OH excluding ortho intramolecular Hbond substituents is 1. The zero-order valence-corrected chi connectivity index (χ0v) is 15.9. The molecule has 1 saturated heterocycles. The fourth-order valence-corrected chi connectivity index (χ4v) is 3.87. The standard InChI is InChI=1S/C22H26N4O/c1-3-22-24-15(2)21(25-22)14-26-10-8-18(13-26)16-7-9-23-20(12-16)17-5-4-6-19(27)11-17/h4-7,9,11-12,18,27H,3,8,10,13-14H2,1-2H3,(H,24,25)/t18-/m0/s1. The highest BCUT2D eigenvalue weighted by Gasteiger charge is 2.25. The van der Waals surface area contributed by atoms with Crippen molar-refractivity contribution in [3.8, 4) is 17.0 Å². The van der Waals surface area contributed by atoms with Crippen LogP contribution < -0.4 is 0 Å². The normalized spacial score (nSPS) is 17.5. The topological polar surface area (TPSA) is 65.0 Å². The van der Waals surface area contributed by atoms with Gasteiger partial charge in [-0.2, -0.15) is 0 Å². The van der Waals surface area contributed by atoms with Crippen LogP contribution in [0.3, 0.4) is 0 Å². The third-order valence-electron chi connectivity index (χ3n) is 5.41. The van der Waals surface area contributed by atoms with Crippen LogP contribution in [0.2, 0.25) is 0 Å². The monoisotopic (exact) mass is 362 g/mol. The number of hydrogen-bond acceptors (Lipinski definition) is 4. The fourth-order valence-electron chi connectivity index (χ4n) is 3.87. The minimum Gasteiger partial charge on any atom is -0.508 e. The zero-order valence-electron chi connectivity index (χ0n) is 15.9. The Labute approximate surface area is 160 Å². The molecule has 2 aromatic heterocycles. The second kappa shape index (κ2) is 7.53. The summed E-state index contributed by atoms with van der Waals surface area (Å²) in [6.07, 6.45) is 3.97. The number of nitrogens with one attached hydrogen (secondary N) is 1. The van der Waals surface area contributed by atoms with Crippen molar-refractivity contribution in [1.82, 2.24) is 19.9 Å². The number of pyridine rings is 1. The summed E-state index contributed by atoms with van der Waals surface area (Å²) in [6.45, 7) is 7.27. The molecule has 140 valence electrons. The number of aromatic amines is 1. The van der Waals surface area contributed by atoms with Crippen molar-refractivity contribution in [2.75, 3.05) is 13.1 Å². The van der Waals surface area contributed by atoms with Gasteiger partial charge in [0.1, 0.15) is 11.6 Å². The van der Waals surface area contributed by atoms with E-state index in [0.29, 0.717) is 5.92 Å². The number of phenols is 1. The molecule has 1 fully saturated rings. The van der Waals surface area contributed by atoms with Crippen LogP contribution in [0, 0.1) is 6.92 Å². The third-order valence-corrected chi connectivity index (χ3v) is 5.41. The van der Waals surface area contributed by atoms with E-state index in [1.807, 2.05) is 18.3 Å². The first kappa shape index (κ1) is 17.7. The molecule has 5 heteroatoms. The molecule has 1 aromatic carbocycles. The number of likely N-dealkylation sites (tertiary alicyclic amines) is 1. The number of nitrogens with zero attached hydrogens (tertiary/aromatic N) is 3. The van der Waals surface area contributed by atoms with Crippen LogP contribution in [0.15, 0.2) is 42.6 Å². The average molecular weight is 362 g/mol. The van der Waals surface area contributed by atoms with Gasteiger partial charge in [0.15, 0.2) is 0 Å². The lowest BCUT2D eigenvalue weighted by Crippen LogP contribution is -2.20. The Bertz CT molecular complexity index is 934. The highest BCUT2D eigenvalue weighted by atomic mass is 16.3. The van der Waals surface area contributed by atoms with E-state index in [1.165, 1.54) is 17.0 Å². The van der Waals surface area contributed by atoms with Gasteiger partial charge in [-0.05, 0) is 55.6 Å². The zero-order chi connectivity index (χ0) is 18.8. The number of aryl methyl sites for hydroxylation is 2. The van der Waals surface area contributed by atoms with Gasteiger partial charge in [0.25, 0.3) is 0 Å². The van der Waals surface area contributed by atoms with Gasteiger partial charge in [-0.1, -0.05) is 19.1 Å². The first-order valence-electron chi connectivity index (χ1n) is 9.64. The Kier molecular flexibility index (Phi) is 4.94. The lowest BCUT2D eigenvalue weighted by Gasteiger charge is -2.16. The Morgan fingerprint density at radius 2 is 2.15 bits per heavy atom. The Morgan fingerprint density at radius 1 is 1.26 bits per heavy atom. The van der Waals surface area contributed by atoms with E-state index in [0.717, 1.165) is 49.6 Å². The molecule has 1 atom stereocenters. The van der Waals surface area contributed by atoms with E-state index in [9.17, 15) is 5.11 Å². The van der Waals surface area contributed by atoms with E-state index in [4.69, 9.17) is 4.98 Å². The molecule has 0 spiro atoms. The van der Waals surface area contributed by atoms with Crippen LogP contribution in [-0.2, 0) is 13.0 Å². The van der Waals surface area contributed by atoms with E-state index < -0.39 is 0 Å². The molecule has 0 saturated carbocycles. The summed E-state index contributed by atoms with van der Waals surface area (Å²) < 4.78 is 0. The second-order valence-corrected chi connectivity index (χ2v) is 7.35. The maximum absolute atomic E-state index is 9.73. The second-order valence-electron chi connectivity index (χ2n) is 7.35. The summed E-state index contributed by atoms with van der Waals surface area (Å²) in [5, 5.41) is 9.73. The minimum atomic E-state index is 0.271. The molecule has 5 nitrogen and oxygen atoms in total. The molecular formula is C22H26N4O. The smallest absolute Gasteiger partial charge is 0.116 e.